The monoisotopic (exact) mass is 443 g/mol. The molecule has 9 heteroatoms. The average molecular weight is 444 g/mol. The number of hydrogen-bond donors (Lipinski definition) is 2. The summed E-state index contributed by atoms with van der Waals surface area (Å²) in [4.78, 5) is 45.2. The van der Waals surface area contributed by atoms with E-state index in [1.165, 1.54) is 6.33 Å². The van der Waals surface area contributed by atoms with Crippen molar-refractivity contribution in [2.24, 2.45) is 0 Å². The maximum absolute atomic E-state index is 13.5. The molecule has 0 saturated heterocycles. The summed E-state index contributed by atoms with van der Waals surface area (Å²) in [7, 11) is 0. The summed E-state index contributed by atoms with van der Waals surface area (Å²) in [6, 6.07) is 7.30. The second-order valence-electron chi connectivity index (χ2n) is 8.28. The van der Waals surface area contributed by atoms with Gasteiger partial charge in [-0.05, 0) is 37.8 Å². The number of aromatic nitrogens is 2. The number of amides is 3. The molecule has 8 nitrogen and oxygen atoms in total. The minimum atomic E-state index is -1.09. The van der Waals surface area contributed by atoms with E-state index in [2.05, 4.69) is 15.6 Å². The molecule has 1 aliphatic carbocycles. The molecule has 2 heterocycles. The van der Waals surface area contributed by atoms with Gasteiger partial charge in [0.1, 0.15) is 11.2 Å². The van der Waals surface area contributed by atoms with Gasteiger partial charge in [-0.15, -0.1) is 0 Å². The summed E-state index contributed by atoms with van der Waals surface area (Å²) in [5.74, 6) is -0.959. The highest BCUT2D eigenvalue weighted by atomic mass is 35.5. The Balaban J connectivity index is 1.61. The molecule has 1 atom stereocenters. The molecular weight excluding hydrogens is 418 g/mol. The third-order valence-corrected chi connectivity index (χ3v) is 6.19. The number of carbonyl (C=O) groups is 3. The van der Waals surface area contributed by atoms with E-state index < -0.39 is 5.54 Å². The van der Waals surface area contributed by atoms with Crippen molar-refractivity contribution in [1.29, 1.82) is 0 Å². The Morgan fingerprint density at radius 1 is 1.26 bits per heavy atom. The van der Waals surface area contributed by atoms with Gasteiger partial charge in [0.2, 0.25) is 5.91 Å². The summed E-state index contributed by atoms with van der Waals surface area (Å²) in [6.07, 6.45) is 3.93. The van der Waals surface area contributed by atoms with Gasteiger partial charge in [0, 0.05) is 24.2 Å². The van der Waals surface area contributed by atoms with Crippen LogP contribution in [0.4, 0.5) is 0 Å². The van der Waals surface area contributed by atoms with E-state index in [1.807, 2.05) is 25.1 Å². The van der Waals surface area contributed by atoms with Gasteiger partial charge in [-0.1, -0.05) is 36.7 Å². The van der Waals surface area contributed by atoms with Crippen molar-refractivity contribution in [3.8, 4) is 0 Å². The van der Waals surface area contributed by atoms with Gasteiger partial charge < -0.3 is 20.1 Å². The number of hydrogen-bond acceptors (Lipinski definition) is 4. The summed E-state index contributed by atoms with van der Waals surface area (Å²) in [5.41, 5.74) is 0.0728. The fraction of sp³-hybridized carbons (Fsp3) is 0.455. The Morgan fingerprint density at radius 2 is 2.00 bits per heavy atom. The third-order valence-electron chi connectivity index (χ3n) is 5.82. The van der Waals surface area contributed by atoms with Crippen LogP contribution in [0.15, 0.2) is 30.6 Å². The zero-order chi connectivity index (χ0) is 22.2. The van der Waals surface area contributed by atoms with Gasteiger partial charge >= 0.3 is 0 Å². The molecule has 0 bridgehead atoms. The van der Waals surface area contributed by atoms with Crippen LogP contribution in [0.1, 0.15) is 59.7 Å². The fourth-order valence-electron chi connectivity index (χ4n) is 4.05. The first-order valence-corrected chi connectivity index (χ1v) is 10.9. The lowest BCUT2D eigenvalue weighted by atomic mass is 9.93. The smallest absolute Gasteiger partial charge is 0.274 e. The van der Waals surface area contributed by atoms with Crippen LogP contribution in [0.3, 0.4) is 0 Å². The highest BCUT2D eigenvalue weighted by Crippen LogP contribution is 2.38. The number of carbonyl (C=O) groups excluding carboxylic acids is 3. The van der Waals surface area contributed by atoms with Crippen molar-refractivity contribution in [1.82, 2.24) is 25.1 Å². The van der Waals surface area contributed by atoms with Crippen LogP contribution >= 0.6 is 11.6 Å². The molecule has 3 amide bonds. The van der Waals surface area contributed by atoms with Crippen LogP contribution in [0, 0.1) is 0 Å². The molecule has 4 rings (SSSR count). The maximum atomic E-state index is 13.5. The number of nitrogens with one attached hydrogen (secondary N) is 2. The fourth-order valence-corrected chi connectivity index (χ4v) is 4.25. The predicted octanol–water partition coefficient (Wildman–Crippen LogP) is 2.37. The molecule has 1 aromatic carbocycles. The minimum absolute atomic E-state index is 0.0150. The van der Waals surface area contributed by atoms with Crippen molar-refractivity contribution in [2.75, 3.05) is 6.54 Å². The quantitative estimate of drug-likeness (QED) is 0.686. The Hall–Kier alpha value is -2.87. The molecule has 1 aromatic heterocycles. The molecular formula is C22H26ClN5O3. The SMILES string of the molecule is CCCNC(=O)c1ncn2c1C(=O)N(C1CC1)[C@@](C)(C(=O)NCc1ccccc1Cl)C2. The van der Waals surface area contributed by atoms with Crippen molar-refractivity contribution >= 4 is 29.3 Å². The molecule has 31 heavy (non-hydrogen) atoms. The topological polar surface area (TPSA) is 96.3 Å². The Morgan fingerprint density at radius 3 is 2.68 bits per heavy atom. The summed E-state index contributed by atoms with van der Waals surface area (Å²) >= 11 is 6.21. The highest BCUT2D eigenvalue weighted by Gasteiger charge is 2.53. The first kappa shape index (κ1) is 21.4. The Labute approximate surface area is 186 Å². The molecule has 2 aromatic rings. The van der Waals surface area contributed by atoms with Gasteiger partial charge in [-0.25, -0.2) is 4.98 Å². The molecule has 164 valence electrons. The van der Waals surface area contributed by atoms with Gasteiger partial charge in [-0.2, -0.15) is 0 Å². The van der Waals surface area contributed by atoms with Crippen molar-refractivity contribution in [2.45, 2.75) is 57.8 Å². The van der Waals surface area contributed by atoms with Gasteiger partial charge in [0.15, 0.2) is 5.69 Å². The lowest BCUT2D eigenvalue weighted by Gasteiger charge is -2.44. The number of fused-ring (bicyclic) bond motifs is 1. The van der Waals surface area contributed by atoms with E-state index in [9.17, 15) is 14.4 Å². The Kier molecular flexibility index (Phi) is 5.75. The molecule has 1 fully saturated rings. The van der Waals surface area contributed by atoms with Gasteiger partial charge in [0.05, 0.1) is 12.9 Å². The van der Waals surface area contributed by atoms with Crippen molar-refractivity contribution < 1.29 is 14.4 Å². The largest absolute Gasteiger partial charge is 0.351 e. The molecule has 2 N–H and O–H groups in total. The summed E-state index contributed by atoms with van der Waals surface area (Å²) in [5, 5.41) is 6.29. The molecule has 2 aliphatic rings. The molecule has 0 spiro atoms. The average Bonchev–Trinajstić information content (AvgIpc) is 3.49. The van der Waals surface area contributed by atoms with E-state index in [1.54, 1.807) is 22.5 Å². The van der Waals surface area contributed by atoms with Crippen LogP contribution in [0.2, 0.25) is 5.02 Å². The number of halogens is 1. The first-order chi connectivity index (χ1) is 14.9. The van der Waals surface area contributed by atoms with E-state index in [4.69, 9.17) is 11.6 Å². The minimum Gasteiger partial charge on any atom is -0.351 e. The lowest BCUT2D eigenvalue weighted by molar-refractivity contribution is -0.133. The number of benzene rings is 1. The lowest BCUT2D eigenvalue weighted by Crippen LogP contribution is -2.64. The first-order valence-electron chi connectivity index (χ1n) is 10.6. The molecule has 1 saturated carbocycles. The van der Waals surface area contributed by atoms with Crippen LogP contribution in [0.5, 0.6) is 0 Å². The van der Waals surface area contributed by atoms with Gasteiger partial charge in [-0.3, -0.25) is 14.4 Å². The summed E-state index contributed by atoms with van der Waals surface area (Å²) in [6.45, 7) is 4.73. The van der Waals surface area contributed by atoms with Crippen LogP contribution in [0.25, 0.3) is 0 Å². The van der Waals surface area contributed by atoms with Crippen molar-refractivity contribution in [3.63, 3.8) is 0 Å². The van der Waals surface area contributed by atoms with E-state index in [0.29, 0.717) is 11.6 Å². The predicted molar refractivity (Wildman–Crippen MR) is 116 cm³/mol. The third kappa shape index (κ3) is 3.92. The van der Waals surface area contributed by atoms with E-state index in [-0.39, 0.29) is 48.2 Å². The van der Waals surface area contributed by atoms with Crippen LogP contribution < -0.4 is 10.6 Å². The molecule has 0 unspecified atom stereocenters. The number of rotatable bonds is 7. The highest BCUT2D eigenvalue weighted by molar-refractivity contribution is 6.31. The second-order valence-corrected chi connectivity index (χ2v) is 8.69. The van der Waals surface area contributed by atoms with E-state index >= 15 is 0 Å². The standard InChI is InChI=1S/C22H26ClN5O3/c1-3-10-24-19(29)17-18-20(30)28(15-8-9-15)22(2,12-27(18)13-26-17)21(31)25-11-14-6-4-5-7-16(14)23/h4-7,13,15H,3,8-12H2,1-2H3,(H,24,29)(H,25,31)/t22-/m1/s1. The van der Waals surface area contributed by atoms with Gasteiger partial charge in [0.25, 0.3) is 11.8 Å². The zero-order valence-corrected chi connectivity index (χ0v) is 18.4. The number of nitrogens with zero attached hydrogens (tertiary/aromatic N) is 3. The normalized spacial score (nSPS) is 20.4. The second kappa shape index (κ2) is 8.34. The zero-order valence-electron chi connectivity index (χ0n) is 17.7. The maximum Gasteiger partial charge on any atom is 0.274 e. The Bertz CT molecular complexity index is 1030. The van der Waals surface area contributed by atoms with Crippen molar-refractivity contribution in [3.05, 3.63) is 52.6 Å². The van der Waals surface area contributed by atoms with Crippen LogP contribution in [-0.4, -0.2) is 50.3 Å². The summed E-state index contributed by atoms with van der Waals surface area (Å²) < 4.78 is 1.62. The molecule has 1 aliphatic heterocycles. The van der Waals surface area contributed by atoms with Crippen LogP contribution in [-0.2, 0) is 17.9 Å². The number of imidazole rings is 1. The van der Waals surface area contributed by atoms with E-state index in [0.717, 1.165) is 24.8 Å². The molecule has 0 radical (unpaired) electrons.